The molecule has 0 aliphatic rings. The van der Waals surface area contributed by atoms with E-state index in [9.17, 15) is 4.79 Å². The number of thiazole rings is 1. The van der Waals surface area contributed by atoms with Crippen molar-refractivity contribution >= 4 is 23.2 Å². The third-order valence-electron chi connectivity index (χ3n) is 4.36. The summed E-state index contributed by atoms with van der Waals surface area (Å²) in [7, 11) is 3.38. The van der Waals surface area contributed by atoms with E-state index in [2.05, 4.69) is 43.4 Å². The predicted molar refractivity (Wildman–Crippen MR) is 119 cm³/mol. The molecule has 1 heterocycles. The molecule has 1 amide bonds. The summed E-state index contributed by atoms with van der Waals surface area (Å²) in [6.07, 6.45) is 0.792. The topological polar surface area (TPSA) is 78.4 Å². The summed E-state index contributed by atoms with van der Waals surface area (Å²) in [5.74, 6) is 0.650. The molecule has 0 unspecified atom stereocenters. The Hall–Kier alpha value is -3.19. The smallest absolute Gasteiger partial charge is 0.251 e. The van der Waals surface area contributed by atoms with E-state index in [1.54, 1.807) is 25.4 Å². The summed E-state index contributed by atoms with van der Waals surface area (Å²) in [5, 5.41) is 12.3. The maximum absolute atomic E-state index is 11.7. The van der Waals surface area contributed by atoms with Gasteiger partial charge < -0.3 is 16.0 Å². The molecule has 0 aliphatic heterocycles. The molecule has 6 nitrogen and oxygen atoms in total. The molecule has 150 valence electrons. The van der Waals surface area contributed by atoms with E-state index in [4.69, 9.17) is 0 Å². The molecule has 0 radical (unpaired) electrons. The lowest BCUT2D eigenvalue weighted by molar-refractivity contribution is 0.0963. The molecule has 0 aliphatic carbocycles. The van der Waals surface area contributed by atoms with Gasteiger partial charge in [0.25, 0.3) is 5.91 Å². The lowest BCUT2D eigenvalue weighted by Gasteiger charge is -2.11. The molecule has 29 heavy (non-hydrogen) atoms. The molecular formula is C22H25N5OS. The van der Waals surface area contributed by atoms with Gasteiger partial charge in [-0.25, -0.2) is 4.98 Å². The van der Waals surface area contributed by atoms with Crippen LogP contribution < -0.4 is 16.0 Å². The first-order valence-electron chi connectivity index (χ1n) is 9.45. The van der Waals surface area contributed by atoms with Gasteiger partial charge in [-0.05, 0) is 24.1 Å². The van der Waals surface area contributed by atoms with E-state index in [0.29, 0.717) is 18.7 Å². The van der Waals surface area contributed by atoms with Gasteiger partial charge in [0.15, 0.2) is 5.96 Å². The number of amides is 1. The third kappa shape index (κ3) is 5.89. The highest BCUT2D eigenvalue weighted by molar-refractivity contribution is 7.13. The third-order valence-corrected chi connectivity index (χ3v) is 5.30. The number of carbonyl (C=O) groups excluding carboxylic acids is 1. The second kappa shape index (κ2) is 10.4. The average molecular weight is 408 g/mol. The Labute approximate surface area is 175 Å². The number of nitrogens with one attached hydrogen (secondary N) is 3. The average Bonchev–Trinajstić information content (AvgIpc) is 3.25. The summed E-state index contributed by atoms with van der Waals surface area (Å²) in [6.45, 7) is 1.32. The number of hydrogen-bond acceptors (Lipinski definition) is 4. The van der Waals surface area contributed by atoms with Crippen molar-refractivity contribution in [3.05, 3.63) is 76.8 Å². The number of aliphatic imine (C=N–C) groups is 1. The fraction of sp³-hybridized carbons (Fsp3) is 0.227. The van der Waals surface area contributed by atoms with Crippen LogP contribution in [0, 0.1) is 0 Å². The SMILES string of the molecule is CN=C(NCCc1cccc(C(=O)NC)c1)NCc1csc(-c2ccccc2)n1. The minimum Gasteiger partial charge on any atom is -0.356 e. The van der Waals surface area contributed by atoms with Gasteiger partial charge in [0.1, 0.15) is 5.01 Å². The molecule has 2 aromatic carbocycles. The van der Waals surface area contributed by atoms with Crippen LogP contribution in [0.1, 0.15) is 21.6 Å². The van der Waals surface area contributed by atoms with E-state index in [1.807, 2.05) is 42.5 Å². The van der Waals surface area contributed by atoms with Crippen LogP contribution in [0.3, 0.4) is 0 Å². The number of carbonyl (C=O) groups is 1. The van der Waals surface area contributed by atoms with Crippen molar-refractivity contribution in [2.75, 3.05) is 20.6 Å². The largest absolute Gasteiger partial charge is 0.356 e. The van der Waals surface area contributed by atoms with Gasteiger partial charge in [0.05, 0.1) is 12.2 Å². The molecule has 3 N–H and O–H groups in total. The van der Waals surface area contributed by atoms with Gasteiger partial charge in [-0.3, -0.25) is 9.79 Å². The van der Waals surface area contributed by atoms with Crippen molar-refractivity contribution in [1.29, 1.82) is 0 Å². The number of hydrogen-bond donors (Lipinski definition) is 3. The molecule has 0 fully saturated rings. The summed E-state index contributed by atoms with van der Waals surface area (Å²) in [4.78, 5) is 20.7. The van der Waals surface area contributed by atoms with E-state index >= 15 is 0 Å². The summed E-state index contributed by atoms with van der Waals surface area (Å²) < 4.78 is 0. The van der Waals surface area contributed by atoms with Crippen LogP contribution in [-0.2, 0) is 13.0 Å². The van der Waals surface area contributed by atoms with Gasteiger partial charge in [-0.15, -0.1) is 11.3 Å². The molecule has 1 aromatic heterocycles. The quantitative estimate of drug-likeness (QED) is 0.415. The van der Waals surface area contributed by atoms with Crippen molar-refractivity contribution in [3.8, 4) is 10.6 Å². The second-order valence-electron chi connectivity index (χ2n) is 6.39. The maximum atomic E-state index is 11.7. The van der Waals surface area contributed by atoms with Gasteiger partial charge in [-0.1, -0.05) is 42.5 Å². The molecule has 0 spiro atoms. The standard InChI is InChI=1S/C22H25N5OS/c1-23-20(28)18-10-6-7-16(13-18)11-12-25-22(24-2)26-14-19-15-29-21(27-19)17-8-4-3-5-9-17/h3-10,13,15H,11-12,14H2,1-2H3,(H,23,28)(H2,24,25,26). The number of guanidine groups is 1. The second-order valence-corrected chi connectivity index (χ2v) is 7.25. The highest BCUT2D eigenvalue weighted by Crippen LogP contribution is 2.23. The first-order valence-corrected chi connectivity index (χ1v) is 10.3. The van der Waals surface area contributed by atoms with Gasteiger partial charge in [0.2, 0.25) is 0 Å². The zero-order chi connectivity index (χ0) is 20.5. The Morgan fingerprint density at radius 1 is 1.10 bits per heavy atom. The normalized spacial score (nSPS) is 11.2. The van der Waals surface area contributed by atoms with Gasteiger partial charge in [-0.2, -0.15) is 0 Å². The molecule has 7 heteroatoms. The Bertz CT molecular complexity index is 968. The Balaban J connectivity index is 1.48. The van der Waals surface area contributed by atoms with Gasteiger partial charge >= 0.3 is 0 Å². The predicted octanol–water partition coefficient (Wildman–Crippen LogP) is 3.08. The van der Waals surface area contributed by atoms with E-state index in [0.717, 1.165) is 34.2 Å². The van der Waals surface area contributed by atoms with Crippen LogP contribution in [0.15, 0.2) is 65.0 Å². The van der Waals surface area contributed by atoms with Crippen LogP contribution in [0.25, 0.3) is 10.6 Å². The molecule has 3 aromatic rings. The monoisotopic (exact) mass is 407 g/mol. The molecule has 0 saturated carbocycles. The highest BCUT2D eigenvalue weighted by Gasteiger charge is 2.06. The van der Waals surface area contributed by atoms with Crippen molar-refractivity contribution < 1.29 is 4.79 Å². The Morgan fingerprint density at radius 2 is 1.93 bits per heavy atom. The number of benzene rings is 2. The van der Waals surface area contributed by atoms with E-state index < -0.39 is 0 Å². The van der Waals surface area contributed by atoms with Crippen LogP contribution >= 0.6 is 11.3 Å². The van der Waals surface area contributed by atoms with Crippen molar-refractivity contribution in [3.63, 3.8) is 0 Å². The van der Waals surface area contributed by atoms with E-state index in [1.165, 1.54) is 0 Å². The minimum atomic E-state index is -0.0737. The fourth-order valence-electron chi connectivity index (χ4n) is 2.83. The van der Waals surface area contributed by atoms with Crippen LogP contribution in [0.2, 0.25) is 0 Å². The zero-order valence-corrected chi connectivity index (χ0v) is 17.4. The van der Waals surface area contributed by atoms with Gasteiger partial charge in [0, 0.05) is 37.1 Å². The first kappa shape index (κ1) is 20.5. The number of aromatic nitrogens is 1. The molecular weight excluding hydrogens is 382 g/mol. The summed E-state index contributed by atoms with van der Waals surface area (Å²) in [6, 6.07) is 17.8. The molecule has 0 atom stereocenters. The van der Waals surface area contributed by atoms with Crippen molar-refractivity contribution in [1.82, 2.24) is 20.9 Å². The van der Waals surface area contributed by atoms with Crippen LogP contribution in [0.5, 0.6) is 0 Å². The Morgan fingerprint density at radius 3 is 2.69 bits per heavy atom. The summed E-state index contributed by atoms with van der Waals surface area (Å²) in [5.41, 5.74) is 3.88. The zero-order valence-electron chi connectivity index (χ0n) is 16.6. The maximum Gasteiger partial charge on any atom is 0.251 e. The number of nitrogens with zero attached hydrogens (tertiary/aromatic N) is 2. The van der Waals surface area contributed by atoms with Crippen LogP contribution in [-0.4, -0.2) is 37.5 Å². The van der Waals surface area contributed by atoms with Crippen LogP contribution in [0.4, 0.5) is 0 Å². The molecule has 3 rings (SSSR count). The fourth-order valence-corrected chi connectivity index (χ4v) is 3.66. The molecule has 0 bridgehead atoms. The lowest BCUT2D eigenvalue weighted by atomic mass is 10.1. The summed E-state index contributed by atoms with van der Waals surface area (Å²) >= 11 is 1.64. The highest BCUT2D eigenvalue weighted by atomic mass is 32.1. The first-order chi connectivity index (χ1) is 14.2. The van der Waals surface area contributed by atoms with E-state index in [-0.39, 0.29) is 5.91 Å². The van der Waals surface area contributed by atoms with Crippen molar-refractivity contribution in [2.24, 2.45) is 4.99 Å². The Kier molecular flexibility index (Phi) is 7.35. The minimum absolute atomic E-state index is 0.0737. The molecule has 0 saturated heterocycles. The number of rotatable bonds is 7. The lowest BCUT2D eigenvalue weighted by Crippen LogP contribution is -2.37. The van der Waals surface area contributed by atoms with Crippen molar-refractivity contribution in [2.45, 2.75) is 13.0 Å².